The quantitative estimate of drug-likeness (QED) is 0.0268. The van der Waals surface area contributed by atoms with Crippen molar-refractivity contribution in [1.29, 1.82) is 0 Å². The van der Waals surface area contributed by atoms with Gasteiger partial charge in [-0.15, -0.1) is 18.8 Å². The van der Waals surface area contributed by atoms with Crippen molar-refractivity contribution in [2.45, 2.75) is 67.1 Å². The topological polar surface area (TPSA) is 625 Å². The summed E-state index contributed by atoms with van der Waals surface area (Å²) in [5.41, 5.74) is 0. The van der Waals surface area contributed by atoms with Crippen LogP contribution in [-0.4, -0.2) is 183 Å². The highest BCUT2D eigenvalue weighted by atomic mass is 31.2. The SMILES string of the molecule is O=[P+](O)C[C@@H]1[C@@H](OP(=O)(O)O)[C@@H](OCCOCCO[C@@H]2[C@H](O[P+](=O)O)[C@@H](OP(=O)(O)O)[C@H](OP(=O)(O)O)[C@@H](OP(=O)(O)O)[C@@H]2OP(=O)(O)O)[C@@H](OP(=O)(O)O)[C@H](O[P+](=O)O)[C@H]1OP(=O)(O)O. The monoisotopic (exact) mass is 1180 g/mol. The molecule has 2 saturated carbocycles. The molecule has 2 aliphatic carbocycles. The number of phosphoric acid groups is 7. The summed E-state index contributed by atoms with van der Waals surface area (Å²) in [6.45, 7) is -4.00. The normalized spacial score (nSPS) is 30.5. The number of ether oxygens (including phenoxy) is 3. The van der Waals surface area contributed by atoms with E-state index in [1.165, 1.54) is 0 Å². The van der Waals surface area contributed by atoms with Gasteiger partial charge in [0.25, 0.3) is 0 Å². The number of rotatable bonds is 28. The zero-order valence-corrected chi connectivity index (χ0v) is 40.5. The molecule has 66 heavy (non-hydrogen) atoms. The van der Waals surface area contributed by atoms with Crippen molar-refractivity contribution >= 4 is 79.3 Å². The van der Waals surface area contributed by atoms with Crippen LogP contribution in [0.4, 0.5) is 0 Å². The van der Waals surface area contributed by atoms with Gasteiger partial charge in [-0.1, -0.05) is 0 Å². The molecule has 2 aliphatic rings. The number of hydrogen-bond donors (Lipinski definition) is 17. The van der Waals surface area contributed by atoms with Crippen molar-refractivity contribution in [3.8, 4) is 0 Å². The minimum atomic E-state index is -6.08. The molecule has 0 aromatic heterocycles. The van der Waals surface area contributed by atoms with Crippen molar-refractivity contribution < 1.29 is 184 Å². The highest BCUT2D eigenvalue weighted by molar-refractivity contribution is 7.48. The second-order valence-corrected chi connectivity index (χ2v) is 23.3. The van der Waals surface area contributed by atoms with E-state index < -0.39 is 185 Å². The van der Waals surface area contributed by atoms with Gasteiger partial charge in [-0.25, -0.2) is 32.0 Å². The summed E-state index contributed by atoms with van der Waals surface area (Å²) in [4.78, 5) is 163. The summed E-state index contributed by atoms with van der Waals surface area (Å²) in [6.07, 6.45) is -31.8. The van der Waals surface area contributed by atoms with E-state index in [0.29, 0.717) is 0 Å². The summed E-state index contributed by atoms with van der Waals surface area (Å²) in [5.74, 6) is -2.28. The van der Waals surface area contributed by atoms with Crippen LogP contribution in [0.15, 0.2) is 0 Å². The van der Waals surface area contributed by atoms with E-state index in [-0.39, 0.29) is 0 Å². The van der Waals surface area contributed by atoms with E-state index in [1.54, 1.807) is 0 Å². The van der Waals surface area contributed by atoms with Gasteiger partial charge < -0.3 is 82.7 Å². The molecule has 2 rings (SSSR count). The average molecular weight is 1180 g/mol. The molecule has 0 aromatic carbocycles. The molecule has 0 aromatic rings. The Labute approximate surface area is 368 Å². The predicted molar refractivity (Wildman–Crippen MR) is 196 cm³/mol. The van der Waals surface area contributed by atoms with Crippen LogP contribution >= 0.6 is 79.3 Å². The maximum absolute atomic E-state index is 12.0. The standard InChI is InChI=1S/C17H36O39P10/c18-57(19)5-6-7(50-60(24,25)26)9(13(52-62(30,31)32)11(48-58(20)21)8(6)51-61(27,28)29)46-3-1-45-2-4-47-10-12(49-59(22)23)15(54-64(36,37)38)17(56-66(42,43)44)16(55-65(39,40)41)14(10)53-63(33,34)35/h6-17H,1-5H2,(H14-3,18,19,20,21,22,23,24,25,26,27,28,29,30,31,32,33,34,35,36,37,38,39,40,41,42,43,44)/p+3/t6-,7-,8+,9-,10-,11-,12+,13-,14-,15-,16+,17+/m1/s1. The Hall–Kier alpha value is 0.750. The molecular formula is C17H39O39P10+3. The fourth-order valence-corrected chi connectivity index (χ4v) is 11.8. The minimum Gasteiger partial charge on any atom is -0.377 e. The summed E-state index contributed by atoms with van der Waals surface area (Å²) in [7, 11) is -53.6. The fourth-order valence-electron chi connectivity index (χ4n) is 6.15. The van der Waals surface area contributed by atoms with Crippen LogP contribution in [-0.2, 0) is 101 Å². The summed E-state index contributed by atoms with van der Waals surface area (Å²) in [5, 5.41) is 0. The maximum atomic E-state index is 12.0. The molecule has 39 nitrogen and oxygen atoms in total. The van der Waals surface area contributed by atoms with Gasteiger partial charge in [0.2, 0.25) is 0 Å². The second kappa shape index (κ2) is 25.1. The first-order valence-corrected chi connectivity index (χ1v) is 30.7. The van der Waals surface area contributed by atoms with E-state index in [0.717, 1.165) is 0 Å². The molecule has 0 heterocycles. The summed E-state index contributed by atoms with van der Waals surface area (Å²) >= 11 is 0. The Kier molecular flexibility index (Phi) is 23.9. The Bertz CT molecular complexity index is 1960. The molecule has 15 atom stereocenters. The highest BCUT2D eigenvalue weighted by Gasteiger charge is 2.64. The maximum Gasteiger partial charge on any atom is 0.695 e. The van der Waals surface area contributed by atoms with E-state index in [4.69, 9.17) is 14.2 Å². The zero-order chi connectivity index (χ0) is 51.2. The predicted octanol–water partition coefficient (Wildman–Crippen LogP) is -3.43. The molecule has 49 heteroatoms. The van der Waals surface area contributed by atoms with Gasteiger partial charge in [-0.05, 0) is 4.57 Å². The van der Waals surface area contributed by atoms with Crippen molar-refractivity contribution in [3.63, 3.8) is 0 Å². The third-order valence-corrected chi connectivity index (χ3v) is 13.0. The van der Waals surface area contributed by atoms with Crippen molar-refractivity contribution in [2.24, 2.45) is 5.92 Å². The molecule has 0 radical (unpaired) electrons. The molecule has 3 unspecified atom stereocenters. The number of phosphoric ester groups is 7. The smallest absolute Gasteiger partial charge is 0.377 e. The Morgan fingerprint density at radius 1 is 0.333 bits per heavy atom. The van der Waals surface area contributed by atoms with Gasteiger partial charge >= 0.3 is 79.3 Å². The lowest BCUT2D eigenvalue weighted by Gasteiger charge is -2.46. The Morgan fingerprint density at radius 2 is 0.561 bits per heavy atom. The fraction of sp³-hybridized carbons (Fsp3) is 1.00. The van der Waals surface area contributed by atoms with E-state index in [2.05, 4.69) is 40.7 Å². The van der Waals surface area contributed by atoms with Gasteiger partial charge in [0, 0.05) is 9.13 Å². The van der Waals surface area contributed by atoms with Crippen LogP contribution < -0.4 is 0 Å². The van der Waals surface area contributed by atoms with Gasteiger partial charge in [-0.2, -0.15) is 4.89 Å². The molecular weight excluding hydrogens is 1140 g/mol. The molecule has 17 N–H and O–H groups in total. The van der Waals surface area contributed by atoms with Crippen LogP contribution in [0.5, 0.6) is 0 Å². The third-order valence-electron chi connectivity index (χ3n) is 7.76. The van der Waals surface area contributed by atoms with Crippen LogP contribution in [0.2, 0.25) is 0 Å². The molecule has 0 aliphatic heterocycles. The average Bonchev–Trinajstić information content (AvgIpc) is 3.04. The number of hydrogen-bond acceptors (Lipinski definition) is 22. The highest BCUT2D eigenvalue weighted by Crippen LogP contribution is 2.56. The van der Waals surface area contributed by atoms with Crippen LogP contribution in [0.1, 0.15) is 0 Å². The van der Waals surface area contributed by atoms with Gasteiger partial charge in [-0.3, -0.25) is 31.7 Å². The molecule has 0 amide bonds. The van der Waals surface area contributed by atoms with Crippen molar-refractivity contribution in [1.82, 2.24) is 0 Å². The third kappa shape index (κ3) is 23.5. The van der Waals surface area contributed by atoms with Gasteiger partial charge in [0.1, 0.15) is 54.9 Å². The summed E-state index contributed by atoms with van der Waals surface area (Å²) < 4.78 is 175. The minimum absolute atomic E-state index is 0.909. The molecule has 0 bridgehead atoms. The molecule has 2 fully saturated rings. The van der Waals surface area contributed by atoms with Crippen molar-refractivity contribution in [3.05, 3.63) is 0 Å². The van der Waals surface area contributed by atoms with Crippen molar-refractivity contribution in [2.75, 3.05) is 32.6 Å². The largest absolute Gasteiger partial charge is 0.695 e. The van der Waals surface area contributed by atoms with E-state index >= 15 is 0 Å². The zero-order valence-electron chi connectivity index (χ0n) is 31.5. The van der Waals surface area contributed by atoms with Crippen LogP contribution in [0.25, 0.3) is 0 Å². The lowest BCUT2D eigenvalue weighted by atomic mass is 9.79. The van der Waals surface area contributed by atoms with Crippen LogP contribution in [0.3, 0.4) is 0 Å². The van der Waals surface area contributed by atoms with Crippen LogP contribution in [0, 0.1) is 5.92 Å². The Balaban J connectivity index is 2.57. The van der Waals surface area contributed by atoms with Gasteiger partial charge in [0.05, 0.1) is 32.3 Å². The van der Waals surface area contributed by atoms with Gasteiger partial charge in [0.15, 0.2) is 18.4 Å². The summed E-state index contributed by atoms with van der Waals surface area (Å²) in [6, 6.07) is 0. The lowest BCUT2D eigenvalue weighted by molar-refractivity contribution is -0.218. The van der Waals surface area contributed by atoms with E-state index in [9.17, 15) is 129 Å². The molecule has 388 valence electrons. The first kappa shape index (κ1) is 62.9. The lowest BCUT2D eigenvalue weighted by Crippen LogP contribution is -2.66. The van der Waals surface area contributed by atoms with E-state index in [1.807, 2.05) is 0 Å². The second-order valence-electron chi connectivity index (χ2n) is 12.5. The Morgan fingerprint density at radius 3 is 0.848 bits per heavy atom. The first-order chi connectivity index (χ1) is 29.6. The molecule has 0 saturated heterocycles. The first-order valence-electron chi connectivity index (χ1n) is 16.3. The molecule has 0 spiro atoms.